The molecule has 0 aliphatic carbocycles. The zero-order valence-corrected chi connectivity index (χ0v) is 11.0. The van der Waals surface area contributed by atoms with Gasteiger partial charge in [0.05, 0.1) is 12.8 Å². The summed E-state index contributed by atoms with van der Waals surface area (Å²) in [7, 11) is 0. The van der Waals surface area contributed by atoms with Gasteiger partial charge in [0.2, 0.25) is 0 Å². The summed E-state index contributed by atoms with van der Waals surface area (Å²) in [6.45, 7) is 6.84. The van der Waals surface area contributed by atoms with Crippen molar-refractivity contribution in [3.8, 4) is 0 Å². The van der Waals surface area contributed by atoms with Crippen molar-refractivity contribution in [2.24, 2.45) is 0 Å². The molecule has 1 aliphatic rings. The Kier molecular flexibility index (Phi) is 5.55. The second-order valence-electron chi connectivity index (χ2n) is 4.98. The second-order valence-corrected chi connectivity index (χ2v) is 4.98. The smallest absolute Gasteiger partial charge is 0.304 e. The van der Waals surface area contributed by atoms with Gasteiger partial charge in [-0.1, -0.05) is 0 Å². The molecule has 2 N–H and O–H groups in total. The van der Waals surface area contributed by atoms with E-state index in [1.807, 2.05) is 0 Å². The average molecular weight is 258 g/mol. The van der Waals surface area contributed by atoms with Crippen molar-refractivity contribution >= 4 is 11.9 Å². The molecule has 2 atom stereocenters. The molecule has 0 radical (unpaired) electrons. The van der Waals surface area contributed by atoms with Gasteiger partial charge in [0.25, 0.3) is 0 Å². The molecule has 1 fully saturated rings. The molecule has 104 valence electrons. The topological polar surface area (TPSA) is 81.1 Å². The maximum absolute atomic E-state index is 10.6. The number of hydrogen-bond acceptors (Lipinski definition) is 4. The molecule has 1 heterocycles. The van der Waals surface area contributed by atoms with Crippen LogP contribution < -0.4 is 0 Å². The molecule has 0 amide bonds. The number of piperazine rings is 1. The summed E-state index contributed by atoms with van der Waals surface area (Å²) in [5, 5.41) is 17.4. The highest BCUT2D eigenvalue weighted by molar-refractivity contribution is 5.67. The Morgan fingerprint density at radius 3 is 1.56 bits per heavy atom. The molecule has 6 heteroatoms. The Labute approximate surface area is 107 Å². The van der Waals surface area contributed by atoms with Gasteiger partial charge in [-0.15, -0.1) is 0 Å². The zero-order chi connectivity index (χ0) is 13.7. The van der Waals surface area contributed by atoms with Crippen LogP contribution in [0.3, 0.4) is 0 Å². The molecule has 1 aliphatic heterocycles. The third-order valence-corrected chi connectivity index (χ3v) is 3.47. The van der Waals surface area contributed by atoms with Crippen LogP contribution in [-0.4, -0.2) is 70.2 Å². The average Bonchev–Trinajstić information content (AvgIpc) is 2.27. The van der Waals surface area contributed by atoms with Crippen LogP contribution in [0.4, 0.5) is 0 Å². The molecule has 18 heavy (non-hydrogen) atoms. The lowest BCUT2D eigenvalue weighted by Gasteiger charge is -2.44. The normalized spacial score (nSPS) is 26.1. The lowest BCUT2D eigenvalue weighted by atomic mass is 10.1. The quantitative estimate of drug-likeness (QED) is 0.714. The molecule has 1 saturated heterocycles. The molecule has 0 saturated carbocycles. The van der Waals surface area contributed by atoms with E-state index in [1.165, 1.54) is 0 Å². The summed E-state index contributed by atoms with van der Waals surface area (Å²) in [5.74, 6) is -1.55. The Bertz CT molecular complexity index is 278. The van der Waals surface area contributed by atoms with Gasteiger partial charge >= 0.3 is 11.9 Å². The van der Waals surface area contributed by atoms with E-state index in [0.29, 0.717) is 13.1 Å². The number of carboxylic acid groups (broad SMARTS) is 2. The first-order chi connectivity index (χ1) is 8.40. The minimum absolute atomic E-state index is 0.159. The predicted octanol–water partition coefficient (Wildman–Crippen LogP) is 0.330. The van der Waals surface area contributed by atoms with Gasteiger partial charge in [-0.2, -0.15) is 0 Å². The lowest BCUT2D eigenvalue weighted by molar-refractivity contribution is -0.139. The minimum atomic E-state index is -0.775. The number of aliphatic carboxylic acids is 2. The van der Waals surface area contributed by atoms with Crippen LogP contribution in [0.2, 0.25) is 0 Å². The van der Waals surface area contributed by atoms with E-state index < -0.39 is 11.9 Å². The maximum Gasteiger partial charge on any atom is 0.304 e. The van der Waals surface area contributed by atoms with Crippen LogP contribution in [0.5, 0.6) is 0 Å². The lowest BCUT2D eigenvalue weighted by Crippen LogP contribution is -2.56. The van der Waals surface area contributed by atoms with Gasteiger partial charge in [0.15, 0.2) is 0 Å². The number of carbonyl (C=O) groups is 2. The first kappa shape index (κ1) is 14.9. The largest absolute Gasteiger partial charge is 0.481 e. The standard InChI is InChI=1S/C12H22N2O4/c1-9-7-14(6-4-12(17)18)10(2)8-13(9)5-3-11(15)16/h9-10H,3-8H2,1-2H3,(H,15,16)(H,17,18). The van der Waals surface area contributed by atoms with Crippen molar-refractivity contribution in [2.45, 2.75) is 38.8 Å². The fraction of sp³-hybridized carbons (Fsp3) is 0.833. The van der Waals surface area contributed by atoms with Crippen LogP contribution in [0.15, 0.2) is 0 Å². The van der Waals surface area contributed by atoms with Gasteiger partial charge in [-0.25, -0.2) is 0 Å². The molecular weight excluding hydrogens is 236 g/mol. The van der Waals surface area contributed by atoms with E-state index in [4.69, 9.17) is 10.2 Å². The SMILES string of the molecule is CC1CN(CCC(=O)O)C(C)CN1CCC(=O)O. The van der Waals surface area contributed by atoms with Crippen molar-refractivity contribution in [1.82, 2.24) is 9.80 Å². The maximum atomic E-state index is 10.6. The predicted molar refractivity (Wildman–Crippen MR) is 66.6 cm³/mol. The van der Waals surface area contributed by atoms with Gasteiger partial charge < -0.3 is 10.2 Å². The van der Waals surface area contributed by atoms with E-state index in [1.54, 1.807) is 0 Å². The van der Waals surface area contributed by atoms with E-state index in [9.17, 15) is 9.59 Å². The number of carboxylic acids is 2. The van der Waals surface area contributed by atoms with Crippen LogP contribution in [0.1, 0.15) is 26.7 Å². The minimum Gasteiger partial charge on any atom is -0.481 e. The highest BCUT2D eigenvalue weighted by Crippen LogP contribution is 2.15. The summed E-state index contributed by atoms with van der Waals surface area (Å²) in [4.78, 5) is 25.5. The molecule has 0 bridgehead atoms. The fourth-order valence-corrected chi connectivity index (χ4v) is 2.37. The van der Waals surface area contributed by atoms with Gasteiger partial charge in [0, 0.05) is 38.3 Å². The Balaban J connectivity index is 2.43. The second kappa shape index (κ2) is 6.70. The van der Waals surface area contributed by atoms with Gasteiger partial charge in [0.1, 0.15) is 0 Å². The van der Waals surface area contributed by atoms with Crippen molar-refractivity contribution in [3.63, 3.8) is 0 Å². The number of rotatable bonds is 6. The molecule has 6 nitrogen and oxygen atoms in total. The number of nitrogens with zero attached hydrogens (tertiary/aromatic N) is 2. The van der Waals surface area contributed by atoms with E-state index >= 15 is 0 Å². The molecular formula is C12H22N2O4. The van der Waals surface area contributed by atoms with E-state index in [0.717, 1.165) is 13.1 Å². The third-order valence-electron chi connectivity index (χ3n) is 3.47. The Morgan fingerprint density at radius 1 is 0.944 bits per heavy atom. The van der Waals surface area contributed by atoms with Crippen molar-refractivity contribution in [2.75, 3.05) is 26.2 Å². The zero-order valence-electron chi connectivity index (χ0n) is 11.0. The Hall–Kier alpha value is -1.14. The van der Waals surface area contributed by atoms with Crippen LogP contribution >= 0.6 is 0 Å². The molecule has 1 rings (SSSR count). The molecule has 0 spiro atoms. The van der Waals surface area contributed by atoms with Gasteiger partial charge in [-0.05, 0) is 13.8 Å². The monoisotopic (exact) mass is 258 g/mol. The van der Waals surface area contributed by atoms with E-state index in [-0.39, 0.29) is 24.9 Å². The highest BCUT2D eigenvalue weighted by atomic mass is 16.4. The number of hydrogen-bond donors (Lipinski definition) is 2. The first-order valence-electron chi connectivity index (χ1n) is 6.32. The molecule has 0 aromatic carbocycles. The first-order valence-corrected chi connectivity index (χ1v) is 6.32. The van der Waals surface area contributed by atoms with Crippen molar-refractivity contribution < 1.29 is 19.8 Å². The fourth-order valence-electron chi connectivity index (χ4n) is 2.37. The summed E-state index contributed by atoms with van der Waals surface area (Å²) >= 11 is 0. The summed E-state index contributed by atoms with van der Waals surface area (Å²) < 4.78 is 0. The van der Waals surface area contributed by atoms with Gasteiger partial charge in [-0.3, -0.25) is 19.4 Å². The Morgan fingerprint density at radius 2 is 1.28 bits per heavy atom. The van der Waals surface area contributed by atoms with Crippen molar-refractivity contribution in [3.05, 3.63) is 0 Å². The molecule has 2 unspecified atom stereocenters. The van der Waals surface area contributed by atoms with Crippen LogP contribution in [-0.2, 0) is 9.59 Å². The third kappa shape index (κ3) is 4.62. The van der Waals surface area contributed by atoms with Crippen LogP contribution in [0, 0.1) is 0 Å². The summed E-state index contributed by atoms with van der Waals surface area (Å²) in [6.07, 6.45) is 0.318. The highest BCUT2D eigenvalue weighted by Gasteiger charge is 2.28. The molecule has 0 aromatic rings. The summed E-state index contributed by atoms with van der Waals surface area (Å²) in [5.41, 5.74) is 0. The van der Waals surface area contributed by atoms with E-state index in [2.05, 4.69) is 23.6 Å². The van der Waals surface area contributed by atoms with Crippen molar-refractivity contribution in [1.29, 1.82) is 0 Å². The summed E-state index contributed by atoms with van der Waals surface area (Å²) in [6, 6.07) is 0.545. The van der Waals surface area contributed by atoms with Crippen LogP contribution in [0.25, 0.3) is 0 Å². The molecule has 0 aromatic heterocycles.